The molecule has 3 rings (SSSR count). The third-order valence-electron chi connectivity index (χ3n) is 3.85. The lowest BCUT2D eigenvalue weighted by Crippen LogP contribution is -2.35. The summed E-state index contributed by atoms with van der Waals surface area (Å²) in [5.41, 5.74) is -2.25. The minimum absolute atomic E-state index is 0.0126. The van der Waals surface area contributed by atoms with Gasteiger partial charge in [0.1, 0.15) is 5.03 Å². The number of halogens is 3. The summed E-state index contributed by atoms with van der Waals surface area (Å²) in [7, 11) is 0. The monoisotopic (exact) mass is 364 g/mol. The van der Waals surface area contributed by atoms with Crippen molar-refractivity contribution in [1.29, 1.82) is 0 Å². The Morgan fingerprint density at radius 3 is 2.52 bits per heavy atom. The molecule has 0 saturated carbocycles. The second-order valence-corrected chi connectivity index (χ2v) is 6.55. The molecule has 1 aliphatic heterocycles. The van der Waals surface area contributed by atoms with Crippen LogP contribution in [0, 0.1) is 0 Å². The van der Waals surface area contributed by atoms with E-state index in [1.807, 2.05) is 36.4 Å². The van der Waals surface area contributed by atoms with Crippen molar-refractivity contribution in [2.45, 2.75) is 17.0 Å². The summed E-state index contributed by atoms with van der Waals surface area (Å²) >= 11 is -0.357. The molecule has 130 valence electrons. The first-order valence-electron chi connectivity index (χ1n) is 7.68. The number of hydrogen-bond acceptors (Lipinski definition) is 3. The number of nitrogens with zero attached hydrogens (tertiary/aromatic N) is 2. The highest BCUT2D eigenvalue weighted by Gasteiger charge is 2.33. The van der Waals surface area contributed by atoms with Crippen molar-refractivity contribution >= 4 is 23.2 Å². The van der Waals surface area contributed by atoms with Crippen LogP contribution in [0.1, 0.15) is 22.3 Å². The molecule has 2 heterocycles. The number of pyridine rings is 1. The van der Waals surface area contributed by atoms with Gasteiger partial charge >= 0.3 is 5.51 Å². The SMILES string of the molecule is O=C(c1cccnc1SC(F)(F)F)N1CC=C(c2ccccc2)CC1. The summed E-state index contributed by atoms with van der Waals surface area (Å²) < 4.78 is 38.0. The molecular weight excluding hydrogens is 349 g/mol. The van der Waals surface area contributed by atoms with Crippen LogP contribution in [0.2, 0.25) is 0 Å². The Kier molecular flexibility index (Phi) is 5.13. The van der Waals surface area contributed by atoms with Crippen molar-refractivity contribution in [2.24, 2.45) is 0 Å². The number of carbonyl (C=O) groups is 1. The number of benzene rings is 1. The van der Waals surface area contributed by atoms with Crippen molar-refractivity contribution in [1.82, 2.24) is 9.88 Å². The van der Waals surface area contributed by atoms with Crippen molar-refractivity contribution < 1.29 is 18.0 Å². The molecule has 1 aromatic carbocycles. The van der Waals surface area contributed by atoms with Gasteiger partial charge in [0.25, 0.3) is 5.91 Å². The normalized spacial score (nSPS) is 15.0. The van der Waals surface area contributed by atoms with Gasteiger partial charge in [0.15, 0.2) is 0 Å². The van der Waals surface area contributed by atoms with E-state index in [2.05, 4.69) is 4.98 Å². The number of hydrogen-bond donors (Lipinski definition) is 0. The van der Waals surface area contributed by atoms with Gasteiger partial charge in [-0.05, 0) is 29.7 Å². The minimum atomic E-state index is -4.48. The first-order valence-corrected chi connectivity index (χ1v) is 8.50. The summed E-state index contributed by atoms with van der Waals surface area (Å²) in [6.07, 6.45) is 3.87. The zero-order valence-electron chi connectivity index (χ0n) is 13.2. The highest BCUT2D eigenvalue weighted by Crippen LogP contribution is 2.37. The highest BCUT2D eigenvalue weighted by atomic mass is 32.2. The van der Waals surface area contributed by atoms with E-state index in [-0.39, 0.29) is 22.4 Å². The number of carbonyl (C=O) groups excluding carboxylic acids is 1. The van der Waals surface area contributed by atoms with E-state index in [9.17, 15) is 18.0 Å². The Bertz CT molecular complexity index is 790. The molecule has 3 nitrogen and oxygen atoms in total. The largest absolute Gasteiger partial charge is 0.447 e. The highest BCUT2D eigenvalue weighted by molar-refractivity contribution is 8.00. The van der Waals surface area contributed by atoms with E-state index in [0.717, 1.165) is 11.1 Å². The predicted octanol–water partition coefficient (Wildman–Crippen LogP) is 4.62. The van der Waals surface area contributed by atoms with Gasteiger partial charge in [-0.1, -0.05) is 36.4 Å². The smallest absolute Gasteiger partial charge is 0.334 e. The molecule has 25 heavy (non-hydrogen) atoms. The number of rotatable bonds is 3. The van der Waals surface area contributed by atoms with Crippen LogP contribution >= 0.6 is 11.8 Å². The van der Waals surface area contributed by atoms with Crippen molar-refractivity contribution in [2.75, 3.05) is 13.1 Å². The van der Waals surface area contributed by atoms with Crippen LogP contribution in [0.4, 0.5) is 13.2 Å². The summed E-state index contributed by atoms with van der Waals surface area (Å²) in [6.45, 7) is 0.832. The van der Waals surface area contributed by atoms with Crippen LogP contribution in [0.3, 0.4) is 0 Å². The standard InChI is InChI=1S/C18H15F3N2OS/c19-18(20,21)25-16-15(7-4-10-22-16)17(24)23-11-8-14(9-12-23)13-5-2-1-3-6-13/h1-8,10H,9,11-12H2. The predicted molar refractivity (Wildman–Crippen MR) is 91.1 cm³/mol. The average molecular weight is 364 g/mol. The molecule has 0 spiro atoms. The molecular formula is C18H15F3N2OS. The van der Waals surface area contributed by atoms with Gasteiger partial charge in [-0.25, -0.2) is 4.98 Å². The quantitative estimate of drug-likeness (QED) is 0.745. The molecule has 0 N–H and O–H groups in total. The molecule has 0 fully saturated rings. The molecule has 0 atom stereocenters. The zero-order valence-corrected chi connectivity index (χ0v) is 14.0. The van der Waals surface area contributed by atoms with E-state index in [1.54, 1.807) is 4.90 Å². The molecule has 1 aromatic heterocycles. The van der Waals surface area contributed by atoms with Crippen LogP contribution in [0.5, 0.6) is 0 Å². The Morgan fingerprint density at radius 1 is 1.12 bits per heavy atom. The van der Waals surface area contributed by atoms with Crippen molar-refractivity contribution in [3.63, 3.8) is 0 Å². The third kappa shape index (κ3) is 4.42. The first-order chi connectivity index (χ1) is 11.9. The number of alkyl halides is 3. The zero-order chi connectivity index (χ0) is 17.9. The molecule has 0 aliphatic carbocycles. The van der Waals surface area contributed by atoms with Gasteiger partial charge < -0.3 is 4.90 Å². The van der Waals surface area contributed by atoms with Crippen LogP contribution < -0.4 is 0 Å². The molecule has 7 heteroatoms. The van der Waals surface area contributed by atoms with E-state index in [1.165, 1.54) is 18.3 Å². The Morgan fingerprint density at radius 2 is 1.88 bits per heavy atom. The molecule has 0 saturated heterocycles. The topological polar surface area (TPSA) is 33.2 Å². The summed E-state index contributed by atoms with van der Waals surface area (Å²) in [5, 5.41) is -0.308. The molecule has 0 unspecified atom stereocenters. The summed E-state index contributed by atoms with van der Waals surface area (Å²) in [4.78, 5) is 17.9. The van der Waals surface area contributed by atoms with Crippen molar-refractivity contribution in [3.05, 3.63) is 65.9 Å². The Balaban J connectivity index is 1.76. The van der Waals surface area contributed by atoms with Gasteiger partial charge in [-0.15, -0.1) is 0 Å². The van der Waals surface area contributed by atoms with E-state index < -0.39 is 11.4 Å². The lowest BCUT2D eigenvalue weighted by molar-refractivity contribution is -0.0329. The average Bonchev–Trinajstić information content (AvgIpc) is 2.61. The minimum Gasteiger partial charge on any atom is -0.334 e. The van der Waals surface area contributed by atoms with Gasteiger partial charge in [-0.3, -0.25) is 4.79 Å². The number of amides is 1. The summed E-state index contributed by atoms with van der Waals surface area (Å²) in [6, 6.07) is 12.7. The van der Waals surface area contributed by atoms with Crippen LogP contribution in [-0.4, -0.2) is 34.4 Å². The van der Waals surface area contributed by atoms with Crippen LogP contribution in [0.25, 0.3) is 5.57 Å². The van der Waals surface area contributed by atoms with Crippen LogP contribution in [-0.2, 0) is 0 Å². The summed E-state index contributed by atoms with van der Waals surface area (Å²) in [5.74, 6) is -0.428. The van der Waals surface area contributed by atoms with Crippen molar-refractivity contribution in [3.8, 4) is 0 Å². The Labute approximate surface area is 147 Å². The van der Waals surface area contributed by atoms with Gasteiger partial charge in [0, 0.05) is 31.0 Å². The molecule has 1 aliphatic rings. The fraction of sp³-hybridized carbons (Fsp3) is 0.222. The second kappa shape index (κ2) is 7.31. The fourth-order valence-electron chi connectivity index (χ4n) is 2.68. The fourth-order valence-corrected chi connectivity index (χ4v) is 3.28. The van der Waals surface area contributed by atoms with Crippen LogP contribution in [0.15, 0.2) is 59.8 Å². The maximum Gasteiger partial charge on any atom is 0.447 e. The van der Waals surface area contributed by atoms with Gasteiger partial charge in [0.05, 0.1) is 5.56 Å². The van der Waals surface area contributed by atoms with E-state index in [0.29, 0.717) is 19.5 Å². The van der Waals surface area contributed by atoms with E-state index >= 15 is 0 Å². The van der Waals surface area contributed by atoms with Gasteiger partial charge in [-0.2, -0.15) is 13.2 Å². The third-order valence-corrected chi connectivity index (χ3v) is 4.61. The maximum absolute atomic E-state index is 12.7. The molecule has 0 bridgehead atoms. The lowest BCUT2D eigenvalue weighted by atomic mass is 9.99. The maximum atomic E-state index is 12.7. The molecule has 0 radical (unpaired) electrons. The first kappa shape index (κ1) is 17.5. The lowest BCUT2D eigenvalue weighted by Gasteiger charge is -2.27. The molecule has 1 amide bonds. The van der Waals surface area contributed by atoms with Gasteiger partial charge in [0.2, 0.25) is 0 Å². The Hall–Kier alpha value is -2.28. The number of aromatic nitrogens is 1. The number of thioether (sulfide) groups is 1. The van der Waals surface area contributed by atoms with E-state index in [4.69, 9.17) is 0 Å². The second-order valence-electron chi connectivity index (χ2n) is 5.50. The molecule has 2 aromatic rings.